The Morgan fingerprint density at radius 3 is 1.26 bits per heavy atom. The Bertz CT molecular complexity index is 1380. The lowest BCUT2D eigenvalue weighted by Gasteiger charge is -2.42. The van der Waals surface area contributed by atoms with E-state index in [0.717, 1.165) is 29.3 Å². The molecule has 0 aliphatic carbocycles. The zero-order valence-electron chi connectivity index (χ0n) is 28.9. The van der Waals surface area contributed by atoms with Crippen LogP contribution in [0.15, 0.2) is 66.7 Å². The predicted molar refractivity (Wildman–Crippen MR) is 190 cm³/mol. The van der Waals surface area contributed by atoms with E-state index in [9.17, 15) is 4.57 Å². The minimum Gasteiger partial charge on any atom is -0.329 e. The molecule has 1 fully saturated rings. The van der Waals surface area contributed by atoms with Crippen molar-refractivity contribution in [3.63, 3.8) is 0 Å². The highest BCUT2D eigenvalue weighted by atomic mass is 31.2. The minimum atomic E-state index is -2.90. The first-order valence-electron chi connectivity index (χ1n) is 16.1. The topological polar surface area (TPSA) is 34.1 Å². The highest BCUT2D eigenvalue weighted by Gasteiger charge is 2.54. The second-order valence-corrected chi connectivity index (χ2v) is 21.4. The van der Waals surface area contributed by atoms with Crippen LogP contribution in [0.25, 0.3) is 0 Å². The van der Waals surface area contributed by atoms with Crippen molar-refractivity contribution in [3.05, 3.63) is 100 Å². The van der Waals surface area contributed by atoms with Crippen LogP contribution < -0.4 is 5.30 Å². The minimum absolute atomic E-state index is 0.0946. The summed E-state index contributed by atoms with van der Waals surface area (Å²) in [5.41, 5.74) is 6.49. The lowest BCUT2D eigenvalue weighted by atomic mass is 9.73. The summed E-state index contributed by atoms with van der Waals surface area (Å²) in [5, 5.41) is 0.0745. The molecule has 2 nitrogen and oxygen atoms in total. The normalized spacial score (nSPS) is 20.7. The lowest BCUT2D eigenvalue weighted by Crippen LogP contribution is -2.37. The van der Waals surface area contributed by atoms with Crippen LogP contribution in [0.4, 0.5) is 0 Å². The van der Waals surface area contributed by atoms with E-state index in [4.69, 9.17) is 0 Å². The zero-order chi connectivity index (χ0) is 32.2. The van der Waals surface area contributed by atoms with E-state index in [1.807, 2.05) is 30.3 Å². The van der Waals surface area contributed by atoms with Gasteiger partial charge in [0.05, 0.1) is 13.6 Å². The van der Waals surface area contributed by atoms with Crippen molar-refractivity contribution in [2.45, 2.75) is 128 Å². The molecule has 3 atom stereocenters. The van der Waals surface area contributed by atoms with Crippen LogP contribution in [0.3, 0.4) is 0 Å². The molecule has 1 heterocycles. The Morgan fingerprint density at radius 2 is 0.930 bits per heavy atom. The van der Waals surface area contributed by atoms with Crippen LogP contribution in [0.1, 0.15) is 129 Å². The van der Waals surface area contributed by atoms with Crippen LogP contribution in [0, 0.1) is 0 Å². The summed E-state index contributed by atoms with van der Waals surface area (Å²) in [6.45, 7) is 27.1. The van der Waals surface area contributed by atoms with Crippen molar-refractivity contribution in [1.29, 1.82) is 0 Å². The maximum Gasteiger partial charge on any atom is 0.120 e. The molecule has 3 unspecified atom stereocenters. The molecule has 234 valence electrons. The van der Waals surface area contributed by atoms with E-state index < -0.39 is 20.8 Å². The van der Waals surface area contributed by atoms with Crippen molar-refractivity contribution < 1.29 is 9.13 Å². The van der Waals surface area contributed by atoms with Crippen molar-refractivity contribution in [1.82, 2.24) is 0 Å². The molecule has 0 N–H and O–H groups in total. The Kier molecular flexibility index (Phi) is 9.08. The van der Waals surface area contributed by atoms with Gasteiger partial charge in [-0.05, 0) is 67.9 Å². The molecular weight excluding hydrogens is 562 g/mol. The number of rotatable bonds is 5. The fourth-order valence-corrected chi connectivity index (χ4v) is 12.3. The standard InChI is InChI=1S/C39H56O2P2/c1-35(2,3)27-21-28(36(4,5)6)24-31(23-27)39(42-40,34-19-16-20-43(34,41)33-17-14-13-15-18-33)32-25-29(37(7,8)9)22-30(26-32)38(10,11)12/h13-15,17-18,21-26,34H,16,19-20,42H2,1-12H3. The Labute approximate surface area is 264 Å². The summed E-state index contributed by atoms with van der Waals surface area (Å²) in [6, 6.07) is 24.0. The smallest absolute Gasteiger partial charge is 0.120 e. The molecule has 0 bridgehead atoms. The van der Waals surface area contributed by atoms with Crippen LogP contribution in [-0.2, 0) is 35.9 Å². The van der Waals surface area contributed by atoms with Gasteiger partial charge in [0.2, 0.25) is 0 Å². The average molecular weight is 619 g/mol. The number of hydrogen-bond donors (Lipinski definition) is 0. The second-order valence-electron chi connectivity index (χ2n) is 17.1. The fraction of sp³-hybridized carbons (Fsp3) is 0.538. The van der Waals surface area contributed by atoms with Crippen LogP contribution in [0.5, 0.6) is 0 Å². The summed E-state index contributed by atoms with van der Waals surface area (Å²) in [7, 11) is -4.27. The summed E-state index contributed by atoms with van der Waals surface area (Å²) in [5.74, 6) is 0. The molecule has 4 heteroatoms. The Morgan fingerprint density at radius 1 is 0.581 bits per heavy atom. The van der Waals surface area contributed by atoms with Crippen molar-refractivity contribution >= 4 is 20.9 Å². The van der Waals surface area contributed by atoms with Crippen LogP contribution in [0.2, 0.25) is 0 Å². The monoisotopic (exact) mass is 618 g/mol. The molecule has 1 aliphatic heterocycles. The second kappa shape index (κ2) is 11.5. The van der Waals surface area contributed by atoms with Gasteiger partial charge in [-0.2, -0.15) is 0 Å². The van der Waals surface area contributed by atoms with E-state index in [0.29, 0.717) is 6.16 Å². The molecule has 3 aromatic rings. The maximum atomic E-state index is 15.5. The van der Waals surface area contributed by atoms with Crippen LogP contribution >= 0.6 is 15.6 Å². The van der Waals surface area contributed by atoms with E-state index in [-0.39, 0.29) is 27.3 Å². The summed E-state index contributed by atoms with van der Waals surface area (Å²) in [6.07, 6.45) is 2.35. The molecule has 0 radical (unpaired) electrons. The highest BCUT2D eigenvalue weighted by molar-refractivity contribution is 7.73. The van der Waals surface area contributed by atoms with Gasteiger partial charge in [-0.1, -0.05) is 150 Å². The van der Waals surface area contributed by atoms with Gasteiger partial charge in [-0.25, -0.2) is 0 Å². The Balaban J connectivity index is 2.21. The van der Waals surface area contributed by atoms with E-state index in [1.54, 1.807) is 0 Å². The van der Waals surface area contributed by atoms with Crippen molar-refractivity contribution in [2.75, 3.05) is 6.16 Å². The van der Waals surface area contributed by atoms with Crippen molar-refractivity contribution in [2.24, 2.45) is 0 Å². The molecule has 3 aromatic carbocycles. The summed E-state index contributed by atoms with van der Waals surface area (Å²) in [4.78, 5) is 0. The third-order valence-corrected chi connectivity index (χ3v) is 15.2. The van der Waals surface area contributed by atoms with E-state index in [2.05, 4.69) is 119 Å². The zero-order valence-corrected chi connectivity index (χ0v) is 30.9. The van der Waals surface area contributed by atoms with Crippen LogP contribution in [-0.4, -0.2) is 11.8 Å². The largest absolute Gasteiger partial charge is 0.329 e. The Hall–Kier alpha value is -1.88. The highest BCUT2D eigenvalue weighted by Crippen LogP contribution is 2.67. The van der Waals surface area contributed by atoms with Gasteiger partial charge in [0.1, 0.15) is 7.14 Å². The van der Waals surface area contributed by atoms with E-state index >= 15 is 4.57 Å². The number of hydrogen-bond acceptors (Lipinski definition) is 2. The van der Waals surface area contributed by atoms with Gasteiger partial charge in [-0.15, -0.1) is 0 Å². The molecule has 0 spiro atoms. The van der Waals surface area contributed by atoms with Crippen molar-refractivity contribution in [3.8, 4) is 0 Å². The molecule has 0 amide bonds. The molecular formula is C39H56O2P2. The summed E-state index contributed by atoms with van der Waals surface area (Å²) >= 11 is 0. The van der Waals surface area contributed by atoms with Gasteiger partial charge in [-0.3, -0.25) is 0 Å². The first kappa shape index (κ1) is 34.0. The third-order valence-electron chi connectivity index (χ3n) is 9.66. The lowest BCUT2D eigenvalue weighted by molar-refractivity contribution is 0.527. The SMILES string of the molecule is CC(C)(C)c1cc(C(C)(C)C)cc(C([PH2]=O)(c2cc(C(C)(C)C)cc(C(C)(C)C)c2)C2CCCP2(=O)c2ccccc2)c1. The average Bonchev–Trinajstić information content (AvgIpc) is 3.30. The van der Waals surface area contributed by atoms with Gasteiger partial charge in [0.15, 0.2) is 0 Å². The molecule has 0 aromatic heterocycles. The summed E-state index contributed by atoms with van der Waals surface area (Å²) < 4.78 is 30.0. The third kappa shape index (κ3) is 6.58. The fourth-order valence-electron chi connectivity index (χ4n) is 6.66. The molecule has 0 saturated carbocycles. The first-order valence-corrected chi connectivity index (χ1v) is 19.1. The number of benzene rings is 3. The van der Waals surface area contributed by atoms with E-state index in [1.165, 1.54) is 22.3 Å². The van der Waals surface area contributed by atoms with Gasteiger partial charge < -0.3 is 9.13 Å². The maximum absolute atomic E-state index is 15.5. The quantitative estimate of drug-likeness (QED) is 0.267. The molecule has 1 aliphatic rings. The molecule has 43 heavy (non-hydrogen) atoms. The first-order chi connectivity index (χ1) is 19.6. The van der Waals surface area contributed by atoms with Gasteiger partial charge in [0.25, 0.3) is 0 Å². The van der Waals surface area contributed by atoms with Gasteiger partial charge >= 0.3 is 0 Å². The predicted octanol–water partition coefficient (Wildman–Crippen LogP) is 10.7. The molecule has 4 rings (SSSR count). The molecule has 1 saturated heterocycles. The van der Waals surface area contributed by atoms with Gasteiger partial charge in [0, 0.05) is 17.1 Å².